The molecule has 4 nitrogen and oxygen atoms in total. The molecule has 1 aromatic heterocycles. The second-order valence-electron chi connectivity index (χ2n) is 2.73. The molecular formula is C8H4F5NO3. The van der Waals surface area contributed by atoms with Crippen molar-refractivity contribution < 1.29 is 36.6 Å². The van der Waals surface area contributed by atoms with Crippen LogP contribution in [0.25, 0.3) is 0 Å². The Morgan fingerprint density at radius 2 is 1.94 bits per heavy atom. The van der Waals surface area contributed by atoms with Gasteiger partial charge < -0.3 is 9.84 Å². The van der Waals surface area contributed by atoms with Crippen LogP contribution in [0.2, 0.25) is 0 Å². The lowest BCUT2D eigenvalue weighted by Crippen LogP contribution is -2.14. The molecule has 0 spiro atoms. The van der Waals surface area contributed by atoms with Crippen molar-refractivity contribution >= 4 is 5.97 Å². The molecule has 0 fully saturated rings. The van der Waals surface area contributed by atoms with Crippen LogP contribution in [0.5, 0.6) is 5.88 Å². The average Bonchev–Trinajstić information content (AvgIpc) is 2.14. The SMILES string of the molecule is O=C(O)c1ccc(C(F)(F)F)nc1OC(F)F. The van der Waals surface area contributed by atoms with Gasteiger partial charge in [-0.15, -0.1) is 0 Å². The Hall–Kier alpha value is -1.93. The first kappa shape index (κ1) is 13.1. The Bertz CT molecular complexity index is 432. The minimum Gasteiger partial charge on any atom is -0.477 e. The third kappa shape index (κ3) is 3.26. The molecule has 9 heteroatoms. The van der Waals surface area contributed by atoms with Crippen LogP contribution < -0.4 is 4.74 Å². The molecule has 1 heterocycles. The van der Waals surface area contributed by atoms with E-state index in [0.717, 1.165) is 0 Å². The fourth-order valence-corrected chi connectivity index (χ4v) is 0.935. The van der Waals surface area contributed by atoms with E-state index in [4.69, 9.17) is 5.11 Å². The molecule has 0 aromatic carbocycles. The van der Waals surface area contributed by atoms with Crippen LogP contribution in [0, 0.1) is 0 Å². The number of pyridine rings is 1. The van der Waals surface area contributed by atoms with E-state index in [0.29, 0.717) is 12.1 Å². The summed E-state index contributed by atoms with van der Waals surface area (Å²) < 4.78 is 63.9. The van der Waals surface area contributed by atoms with Crippen molar-refractivity contribution in [1.29, 1.82) is 0 Å². The van der Waals surface area contributed by atoms with Crippen LogP contribution in [-0.4, -0.2) is 22.7 Å². The molecule has 0 saturated heterocycles. The van der Waals surface area contributed by atoms with Gasteiger partial charge in [0.15, 0.2) is 0 Å². The lowest BCUT2D eigenvalue weighted by molar-refractivity contribution is -0.142. The zero-order chi connectivity index (χ0) is 13.2. The summed E-state index contributed by atoms with van der Waals surface area (Å²) in [6.45, 7) is -3.47. The molecule has 17 heavy (non-hydrogen) atoms. The predicted octanol–water partition coefficient (Wildman–Crippen LogP) is 2.40. The zero-order valence-electron chi connectivity index (χ0n) is 7.83. The third-order valence-electron chi connectivity index (χ3n) is 1.58. The summed E-state index contributed by atoms with van der Waals surface area (Å²) >= 11 is 0. The number of ether oxygens (including phenoxy) is 1. The number of nitrogens with zero attached hydrogens (tertiary/aromatic N) is 1. The van der Waals surface area contributed by atoms with E-state index in [-0.39, 0.29) is 0 Å². The highest BCUT2D eigenvalue weighted by Gasteiger charge is 2.34. The first-order valence-electron chi connectivity index (χ1n) is 3.98. The summed E-state index contributed by atoms with van der Waals surface area (Å²) in [4.78, 5) is 13.2. The van der Waals surface area contributed by atoms with Gasteiger partial charge in [0.05, 0.1) is 0 Å². The van der Waals surface area contributed by atoms with Crippen LogP contribution in [0.1, 0.15) is 16.1 Å². The molecule has 0 atom stereocenters. The normalized spacial score (nSPS) is 11.6. The minimum atomic E-state index is -4.88. The van der Waals surface area contributed by atoms with Gasteiger partial charge in [-0.25, -0.2) is 9.78 Å². The maximum atomic E-state index is 12.2. The molecule has 0 saturated carbocycles. The second kappa shape index (κ2) is 4.52. The summed E-state index contributed by atoms with van der Waals surface area (Å²) in [5, 5.41) is 8.53. The van der Waals surface area contributed by atoms with Crippen molar-refractivity contribution in [2.75, 3.05) is 0 Å². The number of hydrogen-bond donors (Lipinski definition) is 1. The van der Waals surface area contributed by atoms with Gasteiger partial charge in [-0.05, 0) is 12.1 Å². The molecule has 1 N–H and O–H groups in total. The molecule has 0 aliphatic heterocycles. The van der Waals surface area contributed by atoms with Gasteiger partial charge >= 0.3 is 18.8 Å². The first-order valence-corrected chi connectivity index (χ1v) is 3.98. The Balaban J connectivity index is 3.24. The summed E-state index contributed by atoms with van der Waals surface area (Å²) in [5.41, 5.74) is -2.39. The fraction of sp³-hybridized carbons (Fsp3) is 0.250. The maximum absolute atomic E-state index is 12.2. The van der Waals surface area contributed by atoms with Gasteiger partial charge in [-0.1, -0.05) is 0 Å². The van der Waals surface area contributed by atoms with Crippen molar-refractivity contribution in [2.24, 2.45) is 0 Å². The summed E-state index contributed by atoms with van der Waals surface area (Å²) in [5.74, 6) is -3.00. The van der Waals surface area contributed by atoms with Crippen LogP contribution in [-0.2, 0) is 6.18 Å². The smallest absolute Gasteiger partial charge is 0.433 e. The molecule has 0 aliphatic rings. The number of carbonyl (C=O) groups is 1. The van der Waals surface area contributed by atoms with E-state index >= 15 is 0 Å². The monoisotopic (exact) mass is 257 g/mol. The van der Waals surface area contributed by atoms with Crippen molar-refractivity contribution in [1.82, 2.24) is 4.98 Å². The molecule has 0 amide bonds. The lowest BCUT2D eigenvalue weighted by atomic mass is 10.2. The quantitative estimate of drug-likeness (QED) is 0.844. The molecule has 0 unspecified atom stereocenters. The van der Waals surface area contributed by atoms with Gasteiger partial charge in [-0.3, -0.25) is 0 Å². The number of carboxylic acid groups (broad SMARTS) is 1. The lowest BCUT2D eigenvalue weighted by Gasteiger charge is -2.10. The highest BCUT2D eigenvalue weighted by molar-refractivity contribution is 5.90. The number of hydrogen-bond acceptors (Lipinski definition) is 3. The Labute approximate surface area is 90.6 Å². The van der Waals surface area contributed by atoms with Crippen molar-refractivity contribution in [3.05, 3.63) is 23.4 Å². The first-order chi connectivity index (χ1) is 7.71. The summed E-state index contributed by atoms with van der Waals surface area (Å²) in [7, 11) is 0. The van der Waals surface area contributed by atoms with Crippen molar-refractivity contribution in [2.45, 2.75) is 12.8 Å². The number of rotatable bonds is 3. The predicted molar refractivity (Wildman–Crippen MR) is 42.8 cm³/mol. The highest BCUT2D eigenvalue weighted by atomic mass is 19.4. The van der Waals surface area contributed by atoms with E-state index in [1.165, 1.54) is 0 Å². The Kier molecular flexibility index (Phi) is 3.49. The van der Waals surface area contributed by atoms with E-state index in [1.54, 1.807) is 0 Å². The van der Waals surface area contributed by atoms with Crippen LogP contribution in [0.3, 0.4) is 0 Å². The second-order valence-corrected chi connectivity index (χ2v) is 2.73. The number of aromatic carboxylic acids is 1. The Morgan fingerprint density at radius 3 is 2.35 bits per heavy atom. The van der Waals surface area contributed by atoms with Crippen LogP contribution in [0.15, 0.2) is 12.1 Å². The minimum absolute atomic E-state index is 0.363. The van der Waals surface area contributed by atoms with E-state index in [2.05, 4.69) is 9.72 Å². The number of aromatic nitrogens is 1. The molecular weight excluding hydrogens is 253 g/mol. The fourth-order valence-electron chi connectivity index (χ4n) is 0.935. The molecule has 1 aromatic rings. The molecule has 0 radical (unpaired) electrons. The molecule has 94 valence electrons. The molecule has 0 bridgehead atoms. The van der Waals surface area contributed by atoms with Gasteiger partial charge in [0.1, 0.15) is 11.3 Å². The van der Waals surface area contributed by atoms with Gasteiger partial charge in [-0.2, -0.15) is 22.0 Å². The molecule has 0 aliphatic carbocycles. The Morgan fingerprint density at radius 1 is 1.35 bits per heavy atom. The summed E-state index contributed by atoms with van der Waals surface area (Å²) in [6.07, 6.45) is -4.88. The standard InChI is InChI=1S/C8H4F5NO3/c9-7(10)17-5-3(6(15)16)1-2-4(14-5)8(11,12)13/h1-2,7H,(H,15,16). The molecule has 1 rings (SSSR count). The van der Waals surface area contributed by atoms with E-state index in [1.807, 2.05) is 0 Å². The van der Waals surface area contributed by atoms with Gasteiger partial charge in [0, 0.05) is 0 Å². The number of halogens is 5. The van der Waals surface area contributed by atoms with Crippen molar-refractivity contribution in [3.8, 4) is 5.88 Å². The summed E-state index contributed by atoms with van der Waals surface area (Å²) in [6, 6.07) is 0.859. The average molecular weight is 257 g/mol. The number of alkyl halides is 5. The highest BCUT2D eigenvalue weighted by Crippen LogP contribution is 2.30. The van der Waals surface area contributed by atoms with E-state index in [9.17, 15) is 26.7 Å². The van der Waals surface area contributed by atoms with E-state index < -0.39 is 35.9 Å². The number of carboxylic acids is 1. The topological polar surface area (TPSA) is 59.4 Å². The zero-order valence-corrected chi connectivity index (χ0v) is 7.83. The third-order valence-corrected chi connectivity index (χ3v) is 1.58. The van der Waals surface area contributed by atoms with Gasteiger partial charge in [0.25, 0.3) is 0 Å². The van der Waals surface area contributed by atoms with Crippen molar-refractivity contribution in [3.63, 3.8) is 0 Å². The largest absolute Gasteiger partial charge is 0.477 e. The maximum Gasteiger partial charge on any atom is 0.433 e. The van der Waals surface area contributed by atoms with Crippen LogP contribution >= 0.6 is 0 Å². The van der Waals surface area contributed by atoms with Crippen LogP contribution in [0.4, 0.5) is 22.0 Å². The van der Waals surface area contributed by atoms with Gasteiger partial charge in [0.2, 0.25) is 5.88 Å².